The summed E-state index contributed by atoms with van der Waals surface area (Å²) in [5.41, 5.74) is -2.01. The van der Waals surface area contributed by atoms with Gasteiger partial charge in [-0.2, -0.15) is 0 Å². The average molecular weight is 474 g/mol. The lowest BCUT2D eigenvalue weighted by atomic mass is 9.78. The zero-order chi connectivity index (χ0) is 24.6. The van der Waals surface area contributed by atoms with Crippen LogP contribution in [0.3, 0.4) is 0 Å². The molecule has 0 aliphatic heterocycles. The van der Waals surface area contributed by atoms with E-state index in [-0.39, 0.29) is 31.7 Å². The van der Waals surface area contributed by atoms with Gasteiger partial charge in [0.15, 0.2) is 15.7 Å². The first-order valence-corrected chi connectivity index (χ1v) is 11.2. The van der Waals surface area contributed by atoms with Crippen molar-refractivity contribution in [3.05, 3.63) is 29.8 Å². The molecule has 1 atom stereocenters. The van der Waals surface area contributed by atoms with E-state index < -0.39 is 39.4 Å². The maximum Gasteiger partial charge on any atom is 0.407 e. The molecule has 0 radical (unpaired) electrons. The van der Waals surface area contributed by atoms with Gasteiger partial charge in [-0.3, -0.25) is 14.3 Å². The number of benzene rings is 1. The Hall–Kier alpha value is -2.86. The van der Waals surface area contributed by atoms with E-state index >= 15 is 0 Å². The number of alkyl carbamates (subject to hydrolysis) is 1. The van der Waals surface area contributed by atoms with E-state index in [4.69, 9.17) is 14.2 Å². The van der Waals surface area contributed by atoms with Gasteiger partial charge in [-0.05, 0) is 58.2 Å². The highest BCUT2D eigenvalue weighted by atomic mass is 32.2. The molecule has 0 bridgehead atoms. The van der Waals surface area contributed by atoms with Gasteiger partial charge in [-0.1, -0.05) is 12.1 Å². The third kappa shape index (κ3) is 8.71. The average Bonchev–Trinajstić information content (AvgIpc) is 2.65. The van der Waals surface area contributed by atoms with Crippen LogP contribution in [0.25, 0.3) is 0 Å². The highest BCUT2D eigenvalue weighted by Gasteiger charge is 2.48. The van der Waals surface area contributed by atoms with Crippen LogP contribution in [0.15, 0.2) is 24.3 Å². The van der Waals surface area contributed by atoms with Gasteiger partial charge in [0.05, 0.1) is 13.7 Å². The number of amides is 1. The zero-order valence-corrected chi connectivity index (χ0v) is 19.5. The number of hydrogen-bond acceptors (Lipinski definition) is 9. The third-order valence-electron chi connectivity index (χ3n) is 4.16. The third-order valence-corrected chi connectivity index (χ3v) is 4.65. The topological polar surface area (TPSA) is 160 Å². The standard InChI is InChI=1S/C20H30N2O9S/c1-6-30-17(24)20(16(23)29-5,11-12-21-18(25)31-19(2,3)4)13-14-7-9-15(10-8-14)22-32(26,27)28/h7-10,22H,6,11-13H2,1-5H3,(H,21,25)(H,26,27,28)/p-1. The van der Waals surface area contributed by atoms with Gasteiger partial charge >= 0.3 is 18.0 Å². The smallest absolute Gasteiger partial charge is 0.407 e. The highest BCUT2D eigenvalue weighted by Crippen LogP contribution is 2.31. The van der Waals surface area contributed by atoms with E-state index in [2.05, 4.69) is 5.32 Å². The molecule has 1 aromatic carbocycles. The molecule has 0 aromatic heterocycles. The van der Waals surface area contributed by atoms with E-state index in [0.29, 0.717) is 5.56 Å². The van der Waals surface area contributed by atoms with Crippen LogP contribution in [0.5, 0.6) is 0 Å². The Bertz CT molecular complexity index is 908. The van der Waals surface area contributed by atoms with Crippen LogP contribution in [-0.2, 0) is 40.5 Å². The lowest BCUT2D eigenvalue weighted by Gasteiger charge is -2.29. The molecule has 0 fully saturated rings. The lowest BCUT2D eigenvalue weighted by Crippen LogP contribution is -2.46. The Balaban J connectivity index is 3.14. The summed E-state index contributed by atoms with van der Waals surface area (Å²) < 4.78 is 49.4. The van der Waals surface area contributed by atoms with Crippen molar-refractivity contribution < 1.29 is 41.6 Å². The summed E-state index contributed by atoms with van der Waals surface area (Å²) >= 11 is 0. The number of hydrogen-bond donors (Lipinski definition) is 2. The quantitative estimate of drug-likeness (QED) is 0.223. The van der Waals surface area contributed by atoms with Crippen LogP contribution in [0, 0.1) is 5.41 Å². The molecule has 0 spiro atoms. The highest BCUT2D eigenvalue weighted by molar-refractivity contribution is 7.87. The van der Waals surface area contributed by atoms with E-state index in [1.165, 1.54) is 24.3 Å². The van der Waals surface area contributed by atoms with Crippen molar-refractivity contribution in [3.63, 3.8) is 0 Å². The number of rotatable bonds is 10. The maximum atomic E-state index is 12.8. The molecule has 1 amide bonds. The molecular weight excluding hydrogens is 444 g/mol. The van der Waals surface area contributed by atoms with Crippen LogP contribution >= 0.6 is 0 Å². The van der Waals surface area contributed by atoms with E-state index in [1.54, 1.807) is 32.4 Å². The van der Waals surface area contributed by atoms with Crippen LogP contribution in [0.2, 0.25) is 0 Å². The Kier molecular flexibility index (Phi) is 9.46. The molecule has 1 rings (SSSR count). The number of methoxy groups -OCH3 is 1. The molecule has 180 valence electrons. The van der Waals surface area contributed by atoms with Gasteiger partial charge in [-0.15, -0.1) is 0 Å². The molecule has 2 N–H and O–H groups in total. The monoisotopic (exact) mass is 473 g/mol. The second-order valence-corrected chi connectivity index (χ2v) is 9.02. The van der Waals surface area contributed by atoms with Gasteiger partial charge in [-0.25, -0.2) is 13.2 Å². The summed E-state index contributed by atoms with van der Waals surface area (Å²) in [6, 6.07) is 5.53. The molecule has 0 aliphatic rings. The fourth-order valence-corrected chi connectivity index (χ4v) is 3.29. The predicted molar refractivity (Wildman–Crippen MR) is 113 cm³/mol. The van der Waals surface area contributed by atoms with Crippen LogP contribution < -0.4 is 10.0 Å². The van der Waals surface area contributed by atoms with Gasteiger partial charge in [0, 0.05) is 12.2 Å². The molecule has 12 heteroatoms. The van der Waals surface area contributed by atoms with Crippen molar-refractivity contribution in [2.45, 2.75) is 46.1 Å². The number of nitrogens with one attached hydrogen (secondary N) is 2. The second kappa shape index (κ2) is 11.1. The van der Waals surface area contributed by atoms with Crippen molar-refractivity contribution in [1.29, 1.82) is 0 Å². The predicted octanol–water partition coefficient (Wildman–Crippen LogP) is 1.74. The fraction of sp³-hybridized carbons (Fsp3) is 0.550. The fourth-order valence-electron chi connectivity index (χ4n) is 2.86. The molecule has 1 aromatic rings. The lowest BCUT2D eigenvalue weighted by molar-refractivity contribution is -0.171. The zero-order valence-electron chi connectivity index (χ0n) is 18.7. The number of anilines is 1. The van der Waals surface area contributed by atoms with Crippen LogP contribution in [-0.4, -0.2) is 56.9 Å². The molecule has 0 saturated heterocycles. The number of esters is 2. The first-order valence-electron chi connectivity index (χ1n) is 9.77. The Morgan fingerprint density at radius 2 is 1.66 bits per heavy atom. The van der Waals surface area contributed by atoms with Crippen LogP contribution in [0.1, 0.15) is 39.7 Å². The second-order valence-electron chi connectivity index (χ2n) is 7.90. The SMILES string of the molecule is CCOC(=O)C(CCNC(=O)OC(C)(C)C)(Cc1ccc(NS(=O)(=O)[O-])cc1)C(=O)OC. The molecule has 1 unspecified atom stereocenters. The number of carbonyl (C=O) groups is 3. The summed E-state index contributed by atoms with van der Waals surface area (Å²) in [6.45, 7) is 6.60. The molecule has 0 heterocycles. The summed E-state index contributed by atoms with van der Waals surface area (Å²) in [5, 5.41) is 2.50. The van der Waals surface area contributed by atoms with E-state index in [1.807, 2.05) is 0 Å². The molecule has 32 heavy (non-hydrogen) atoms. The van der Waals surface area contributed by atoms with Gasteiger partial charge in [0.25, 0.3) is 0 Å². The van der Waals surface area contributed by atoms with Crippen molar-refractivity contribution >= 4 is 34.0 Å². The molecule has 11 nitrogen and oxygen atoms in total. The number of ether oxygens (including phenoxy) is 3. The summed E-state index contributed by atoms with van der Waals surface area (Å²) in [5.74, 6) is -1.69. The molecule has 0 aliphatic carbocycles. The van der Waals surface area contributed by atoms with E-state index in [0.717, 1.165) is 7.11 Å². The minimum Gasteiger partial charge on any atom is -0.731 e. The Morgan fingerprint density at radius 3 is 2.12 bits per heavy atom. The van der Waals surface area contributed by atoms with Gasteiger partial charge in [0.1, 0.15) is 5.60 Å². The van der Waals surface area contributed by atoms with Crippen molar-refractivity contribution in [2.24, 2.45) is 5.41 Å². The van der Waals surface area contributed by atoms with Gasteiger partial charge < -0.3 is 24.1 Å². The molecular formula is C20H29N2O9S-. The van der Waals surface area contributed by atoms with Crippen molar-refractivity contribution in [2.75, 3.05) is 25.0 Å². The number of carbonyl (C=O) groups excluding carboxylic acids is 3. The van der Waals surface area contributed by atoms with Crippen molar-refractivity contribution in [3.8, 4) is 0 Å². The maximum absolute atomic E-state index is 12.8. The molecule has 0 saturated carbocycles. The Labute approximate surface area is 187 Å². The first kappa shape index (κ1) is 27.2. The van der Waals surface area contributed by atoms with Gasteiger partial charge in [0.2, 0.25) is 0 Å². The normalized spacial score (nSPS) is 13.4. The first-order chi connectivity index (χ1) is 14.7. The minimum absolute atomic E-state index is 0.0152. The summed E-state index contributed by atoms with van der Waals surface area (Å²) in [7, 11) is -3.57. The van der Waals surface area contributed by atoms with E-state index in [9.17, 15) is 27.4 Å². The van der Waals surface area contributed by atoms with Crippen molar-refractivity contribution in [1.82, 2.24) is 5.32 Å². The largest absolute Gasteiger partial charge is 0.731 e. The Morgan fingerprint density at radius 1 is 1.06 bits per heavy atom. The van der Waals surface area contributed by atoms with Crippen LogP contribution in [0.4, 0.5) is 10.5 Å². The summed E-state index contributed by atoms with van der Waals surface area (Å²) in [6.07, 6.45) is -1.01. The summed E-state index contributed by atoms with van der Waals surface area (Å²) in [4.78, 5) is 37.5. The minimum atomic E-state index is -4.70.